The summed E-state index contributed by atoms with van der Waals surface area (Å²) in [6.07, 6.45) is 0. The predicted octanol–water partition coefficient (Wildman–Crippen LogP) is 3.30. The zero-order valence-corrected chi connectivity index (χ0v) is 15.7. The van der Waals surface area contributed by atoms with Crippen LogP contribution in [0.15, 0.2) is 47.3 Å². The maximum Gasteiger partial charge on any atom is 0.266 e. The Balaban J connectivity index is 2.24. The van der Waals surface area contributed by atoms with Crippen molar-refractivity contribution >= 4 is 10.9 Å². The molecule has 0 saturated carbocycles. The van der Waals surface area contributed by atoms with Gasteiger partial charge >= 0.3 is 0 Å². The number of aromatic nitrogens is 2. The second kappa shape index (κ2) is 7.81. The molecule has 1 atom stereocenters. The summed E-state index contributed by atoms with van der Waals surface area (Å²) in [5, 5.41) is 4.01. The number of hydrogen-bond donors (Lipinski definition) is 1. The van der Waals surface area contributed by atoms with E-state index in [1.54, 1.807) is 11.7 Å². The standard InChI is InChI=1S/C21H25N3O2/c1-14-9-10-15(2)19(13-14)24-20(16(3)22-11-12-26-4)23-18-8-6-5-7-17(18)21(24)25/h5-10,13,16,22H,11-12H2,1-4H3/t16-/m1/s1. The monoisotopic (exact) mass is 351 g/mol. The van der Waals surface area contributed by atoms with Gasteiger partial charge in [-0.15, -0.1) is 0 Å². The summed E-state index contributed by atoms with van der Waals surface area (Å²) < 4.78 is 6.87. The summed E-state index contributed by atoms with van der Waals surface area (Å²) in [5.41, 5.74) is 3.70. The number of hydrogen-bond acceptors (Lipinski definition) is 4. The molecule has 0 amide bonds. The molecule has 0 unspecified atom stereocenters. The van der Waals surface area contributed by atoms with Gasteiger partial charge in [-0.25, -0.2) is 4.98 Å². The molecule has 1 N–H and O–H groups in total. The van der Waals surface area contributed by atoms with E-state index in [1.165, 1.54) is 0 Å². The lowest BCUT2D eigenvalue weighted by molar-refractivity contribution is 0.196. The molecule has 0 saturated heterocycles. The van der Waals surface area contributed by atoms with E-state index >= 15 is 0 Å². The molecule has 3 rings (SSSR count). The minimum Gasteiger partial charge on any atom is -0.383 e. The van der Waals surface area contributed by atoms with Gasteiger partial charge in [-0.2, -0.15) is 0 Å². The second-order valence-corrected chi connectivity index (χ2v) is 6.59. The predicted molar refractivity (Wildman–Crippen MR) is 105 cm³/mol. The number of aryl methyl sites for hydroxylation is 2. The van der Waals surface area contributed by atoms with Crippen LogP contribution in [0, 0.1) is 13.8 Å². The van der Waals surface area contributed by atoms with Crippen LogP contribution in [0.2, 0.25) is 0 Å². The summed E-state index contributed by atoms with van der Waals surface area (Å²) in [4.78, 5) is 18.1. The number of ether oxygens (including phenoxy) is 1. The third kappa shape index (κ3) is 3.54. The summed E-state index contributed by atoms with van der Waals surface area (Å²) in [7, 11) is 1.67. The van der Waals surface area contributed by atoms with Crippen LogP contribution in [-0.2, 0) is 4.74 Å². The Bertz CT molecular complexity index is 979. The van der Waals surface area contributed by atoms with Crippen LogP contribution < -0.4 is 10.9 Å². The number of nitrogens with zero attached hydrogens (tertiary/aromatic N) is 2. The molecule has 0 radical (unpaired) electrons. The number of methoxy groups -OCH3 is 1. The minimum absolute atomic E-state index is 0.0420. The number of fused-ring (bicyclic) bond motifs is 1. The average Bonchev–Trinajstić information content (AvgIpc) is 2.64. The highest BCUT2D eigenvalue weighted by Gasteiger charge is 2.18. The molecule has 0 spiro atoms. The SMILES string of the molecule is COCCN[C@H](C)c1nc2ccccc2c(=O)n1-c1cc(C)ccc1C. The van der Waals surface area contributed by atoms with E-state index in [-0.39, 0.29) is 11.6 Å². The van der Waals surface area contributed by atoms with Crippen molar-refractivity contribution in [2.24, 2.45) is 0 Å². The largest absolute Gasteiger partial charge is 0.383 e. The molecule has 1 aromatic heterocycles. The third-order valence-electron chi connectivity index (χ3n) is 4.55. The fourth-order valence-electron chi connectivity index (χ4n) is 3.10. The highest BCUT2D eigenvalue weighted by atomic mass is 16.5. The van der Waals surface area contributed by atoms with Crippen molar-refractivity contribution in [3.8, 4) is 5.69 Å². The first-order valence-corrected chi connectivity index (χ1v) is 8.84. The summed E-state index contributed by atoms with van der Waals surface area (Å²) in [6, 6.07) is 13.5. The smallest absolute Gasteiger partial charge is 0.266 e. The van der Waals surface area contributed by atoms with Gasteiger partial charge in [-0.3, -0.25) is 9.36 Å². The Kier molecular flexibility index (Phi) is 5.49. The quantitative estimate of drug-likeness (QED) is 0.692. The van der Waals surface area contributed by atoms with Gasteiger partial charge < -0.3 is 10.1 Å². The average molecular weight is 351 g/mol. The van der Waals surface area contributed by atoms with Crippen LogP contribution in [0.5, 0.6) is 0 Å². The number of rotatable bonds is 6. The van der Waals surface area contributed by atoms with Crippen molar-refractivity contribution in [2.45, 2.75) is 26.8 Å². The molecular formula is C21H25N3O2. The molecule has 2 aromatic carbocycles. The lowest BCUT2D eigenvalue weighted by Crippen LogP contribution is -2.31. The lowest BCUT2D eigenvalue weighted by atomic mass is 10.1. The molecule has 0 bridgehead atoms. The van der Waals surface area contributed by atoms with E-state index in [4.69, 9.17) is 9.72 Å². The molecule has 5 nitrogen and oxygen atoms in total. The van der Waals surface area contributed by atoms with Gasteiger partial charge in [0.15, 0.2) is 0 Å². The molecular weight excluding hydrogens is 326 g/mol. The van der Waals surface area contributed by atoms with Gasteiger partial charge in [-0.1, -0.05) is 24.3 Å². The molecule has 3 aromatic rings. The van der Waals surface area contributed by atoms with Crippen molar-refractivity contribution < 1.29 is 4.74 Å². The van der Waals surface area contributed by atoms with Gasteiger partial charge in [0.25, 0.3) is 5.56 Å². The van der Waals surface area contributed by atoms with Gasteiger partial charge in [0.05, 0.1) is 29.2 Å². The van der Waals surface area contributed by atoms with E-state index in [2.05, 4.69) is 11.4 Å². The topological polar surface area (TPSA) is 56.1 Å². The lowest BCUT2D eigenvalue weighted by Gasteiger charge is -2.21. The normalized spacial score (nSPS) is 12.5. The van der Waals surface area contributed by atoms with Gasteiger partial charge in [0.2, 0.25) is 0 Å². The zero-order valence-electron chi connectivity index (χ0n) is 15.7. The highest BCUT2D eigenvalue weighted by Crippen LogP contribution is 2.21. The van der Waals surface area contributed by atoms with E-state index in [1.807, 2.05) is 57.2 Å². The highest BCUT2D eigenvalue weighted by molar-refractivity contribution is 5.78. The third-order valence-corrected chi connectivity index (χ3v) is 4.55. The van der Waals surface area contributed by atoms with Gasteiger partial charge in [0, 0.05) is 13.7 Å². The summed E-state index contributed by atoms with van der Waals surface area (Å²) in [5.74, 6) is 0.707. The van der Waals surface area contributed by atoms with Crippen molar-refractivity contribution in [3.63, 3.8) is 0 Å². The molecule has 0 fully saturated rings. The Morgan fingerprint density at radius 3 is 2.73 bits per heavy atom. The molecule has 5 heteroatoms. The van der Waals surface area contributed by atoms with E-state index < -0.39 is 0 Å². The van der Waals surface area contributed by atoms with E-state index in [9.17, 15) is 4.79 Å². The molecule has 0 aliphatic carbocycles. The Morgan fingerprint density at radius 1 is 1.19 bits per heavy atom. The Morgan fingerprint density at radius 2 is 1.96 bits per heavy atom. The van der Waals surface area contributed by atoms with Crippen LogP contribution in [-0.4, -0.2) is 29.8 Å². The maximum absolute atomic E-state index is 13.3. The van der Waals surface area contributed by atoms with Crippen molar-refractivity contribution in [1.29, 1.82) is 0 Å². The van der Waals surface area contributed by atoms with E-state index in [0.29, 0.717) is 24.4 Å². The first-order chi connectivity index (χ1) is 12.5. The number of benzene rings is 2. The Labute approximate surface area is 153 Å². The minimum atomic E-state index is -0.0950. The van der Waals surface area contributed by atoms with Crippen LogP contribution in [0.25, 0.3) is 16.6 Å². The molecule has 0 aliphatic rings. The van der Waals surface area contributed by atoms with Crippen molar-refractivity contribution in [2.75, 3.05) is 20.3 Å². The fourth-order valence-corrected chi connectivity index (χ4v) is 3.10. The van der Waals surface area contributed by atoms with Crippen LogP contribution >= 0.6 is 0 Å². The second-order valence-electron chi connectivity index (χ2n) is 6.59. The summed E-state index contributed by atoms with van der Waals surface area (Å²) in [6.45, 7) is 7.36. The van der Waals surface area contributed by atoms with Crippen molar-refractivity contribution in [1.82, 2.24) is 14.9 Å². The van der Waals surface area contributed by atoms with Crippen molar-refractivity contribution in [3.05, 3.63) is 69.8 Å². The molecule has 136 valence electrons. The summed E-state index contributed by atoms with van der Waals surface area (Å²) >= 11 is 0. The van der Waals surface area contributed by atoms with Gasteiger partial charge in [-0.05, 0) is 50.1 Å². The van der Waals surface area contributed by atoms with Gasteiger partial charge in [0.1, 0.15) is 5.82 Å². The number of para-hydroxylation sites is 1. The van der Waals surface area contributed by atoms with E-state index in [0.717, 1.165) is 22.3 Å². The first-order valence-electron chi connectivity index (χ1n) is 8.84. The first kappa shape index (κ1) is 18.3. The number of nitrogens with one attached hydrogen (secondary N) is 1. The zero-order chi connectivity index (χ0) is 18.7. The maximum atomic E-state index is 13.3. The molecule has 0 aliphatic heterocycles. The van der Waals surface area contributed by atoms with Crippen LogP contribution in [0.1, 0.15) is 29.9 Å². The fraction of sp³-hybridized carbons (Fsp3) is 0.333. The molecule has 26 heavy (non-hydrogen) atoms. The Hall–Kier alpha value is -2.50. The van der Waals surface area contributed by atoms with Crippen LogP contribution in [0.3, 0.4) is 0 Å². The van der Waals surface area contributed by atoms with Crippen LogP contribution in [0.4, 0.5) is 0 Å². The molecule has 1 heterocycles.